The van der Waals surface area contributed by atoms with E-state index in [1.165, 1.54) is 23.1 Å². The number of aromatic amines is 1. The molecule has 28 heavy (non-hydrogen) atoms. The summed E-state index contributed by atoms with van der Waals surface area (Å²) in [5, 5.41) is 1.17. The molecule has 0 fully saturated rings. The van der Waals surface area contributed by atoms with Crippen LogP contribution in [0.4, 0.5) is 0 Å². The molecular weight excluding hydrogens is 434 g/mol. The number of para-hydroxylation sites is 1. The Morgan fingerprint density at radius 3 is 2.68 bits per heavy atom. The molecule has 0 aliphatic carbocycles. The molecule has 5 nitrogen and oxygen atoms in total. The molecule has 0 atom stereocenters. The van der Waals surface area contributed by atoms with Crippen LogP contribution in [0.1, 0.15) is 0 Å². The number of benzene rings is 2. The minimum Gasteiger partial charge on any atom is -0.493 e. The number of hydrogen-bond acceptors (Lipinski definition) is 6. The van der Waals surface area contributed by atoms with Crippen molar-refractivity contribution < 1.29 is 4.74 Å². The maximum absolute atomic E-state index is 12.5. The predicted octanol–water partition coefficient (Wildman–Crippen LogP) is 5.33. The largest absolute Gasteiger partial charge is 0.493 e. The Morgan fingerprint density at radius 2 is 1.93 bits per heavy atom. The number of hydrogen-bond donors (Lipinski definition) is 1. The molecule has 4 rings (SSSR count). The third-order valence-corrected chi connectivity index (χ3v) is 6.29. The van der Waals surface area contributed by atoms with E-state index in [2.05, 4.69) is 9.97 Å². The summed E-state index contributed by atoms with van der Waals surface area (Å²) in [6, 6.07) is 16.9. The maximum Gasteiger partial charge on any atom is 0.271 e. The molecule has 0 amide bonds. The molecule has 2 aromatic heterocycles. The van der Waals surface area contributed by atoms with Crippen LogP contribution in [0.25, 0.3) is 16.0 Å². The van der Waals surface area contributed by atoms with Gasteiger partial charge in [0.1, 0.15) is 10.4 Å². The highest BCUT2D eigenvalue weighted by Gasteiger charge is 2.14. The van der Waals surface area contributed by atoms with Crippen molar-refractivity contribution in [2.75, 3.05) is 12.4 Å². The van der Waals surface area contributed by atoms with Crippen molar-refractivity contribution in [3.63, 3.8) is 0 Å². The van der Waals surface area contributed by atoms with E-state index in [-0.39, 0.29) is 5.56 Å². The lowest BCUT2D eigenvalue weighted by Gasteiger charge is -2.07. The van der Waals surface area contributed by atoms with Crippen LogP contribution in [0.15, 0.2) is 64.5 Å². The molecule has 4 aromatic rings. The van der Waals surface area contributed by atoms with Crippen LogP contribution in [0, 0.1) is 3.95 Å². The molecule has 2 aromatic carbocycles. The maximum atomic E-state index is 12.5. The third kappa shape index (κ3) is 4.15. The summed E-state index contributed by atoms with van der Waals surface area (Å²) >= 11 is 14.1. The average Bonchev–Trinajstić information content (AvgIpc) is 3.03. The highest BCUT2D eigenvalue weighted by atomic mass is 35.5. The van der Waals surface area contributed by atoms with Gasteiger partial charge in [-0.15, -0.1) is 0 Å². The minimum atomic E-state index is -0.194. The summed E-state index contributed by atoms with van der Waals surface area (Å²) < 4.78 is 8.54. The number of aromatic nitrogens is 3. The topological polar surface area (TPSA) is 59.9 Å². The number of rotatable bonds is 6. The summed E-state index contributed by atoms with van der Waals surface area (Å²) in [5.74, 6) is 1.46. The summed E-state index contributed by atoms with van der Waals surface area (Å²) in [6.45, 7) is 0.504. The fourth-order valence-electron chi connectivity index (χ4n) is 2.59. The van der Waals surface area contributed by atoms with Gasteiger partial charge in [-0.3, -0.25) is 9.36 Å². The molecule has 9 heteroatoms. The molecule has 0 bridgehead atoms. The van der Waals surface area contributed by atoms with Gasteiger partial charge in [0.2, 0.25) is 0 Å². The molecule has 142 valence electrons. The van der Waals surface area contributed by atoms with E-state index in [1.54, 1.807) is 16.7 Å². The van der Waals surface area contributed by atoms with E-state index in [0.717, 1.165) is 11.4 Å². The number of thioether (sulfide) groups is 1. The van der Waals surface area contributed by atoms with Crippen LogP contribution in [0.3, 0.4) is 0 Å². The van der Waals surface area contributed by atoms with Crippen LogP contribution in [-0.2, 0) is 0 Å². The van der Waals surface area contributed by atoms with E-state index in [4.69, 9.17) is 28.6 Å². The molecule has 0 radical (unpaired) electrons. The zero-order valence-corrected chi connectivity index (χ0v) is 17.6. The Morgan fingerprint density at radius 1 is 1.18 bits per heavy atom. The lowest BCUT2D eigenvalue weighted by molar-refractivity contribution is 0.344. The number of thiazole rings is 1. The number of H-pyrrole nitrogens is 1. The van der Waals surface area contributed by atoms with Crippen molar-refractivity contribution in [3.8, 4) is 11.4 Å². The van der Waals surface area contributed by atoms with Crippen molar-refractivity contribution in [1.82, 2.24) is 14.5 Å². The van der Waals surface area contributed by atoms with Gasteiger partial charge in [-0.05, 0) is 48.6 Å². The van der Waals surface area contributed by atoms with Crippen LogP contribution >= 0.6 is 46.9 Å². The highest BCUT2D eigenvalue weighted by molar-refractivity contribution is 7.99. The van der Waals surface area contributed by atoms with Crippen LogP contribution in [-0.4, -0.2) is 26.9 Å². The number of nitrogens with one attached hydrogen (secondary N) is 1. The predicted molar refractivity (Wildman–Crippen MR) is 118 cm³/mol. The molecule has 2 heterocycles. The highest BCUT2D eigenvalue weighted by Crippen LogP contribution is 2.25. The van der Waals surface area contributed by atoms with Gasteiger partial charge in [0, 0.05) is 16.5 Å². The fraction of sp³-hybridized carbons (Fsp3) is 0.105. The second-order valence-corrected chi connectivity index (χ2v) is 8.88. The van der Waals surface area contributed by atoms with Gasteiger partial charge >= 0.3 is 0 Å². The lowest BCUT2D eigenvalue weighted by atomic mass is 10.3. The summed E-state index contributed by atoms with van der Waals surface area (Å²) in [4.78, 5) is 19.9. The van der Waals surface area contributed by atoms with Crippen LogP contribution in [0.5, 0.6) is 5.75 Å². The standard InChI is InChI=1S/C19H14ClN3O2S3/c20-12-6-8-13(9-7-12)23-16-15(28-19(23)26)17(24)22-18(21-16)27-11-10-25-14-4-2-1-3-5-14/h1-9H,10-11H2,(H,21,22,24). The SMILES string of the molecule is O=c1[nH]c(SCCOc2ccccc2)nc2c1sc(=S)n2-c1ccc(Cl)cc1. The molecule has 1 N–H and O–H groups in total. The van der Waals surface area contributed by atoms with Crippen molar-refractivity contribution >= 4 is 57.3 Å². The molecule has 0 aliphatic rings. The fourth-order valence-corrected chi connectivity index (χ4v) is 4.67. The summed E-state index contributed by atoms with van der Waals surface area (Å²) in [6.07, 6.45) is 0. The molecular formula is C19H14ClN3O2S3. The van der Waals surface area contributed by atoms with Crippen LogP contribution in [0.2, 0.25) is 5.02 Å². The van der Waals surface area contributed by atoms with E-state index in [1.807, 2.05) is 42.5 Å². The van der Waals surface area contributed by atoms with E-state index in [9.17, 15) is 4.79 Å². The van der Waals surface area contributed by atoms with Crippen molar-refractivity contribution in [3.05, 3.63) is 73.9 Å². The van der Waals surface area contributed by atoms with E-state index >= 15 is 0 Å². The lowest BCUT2D eigenvalue weighted by Crippen LogP contribution is -2.10. The van der Waals surface area contributed by atoms with E-state index < -0.39 is 0 Å². The van der Waals surface area contributed by atoms with Crippen molar-refractivity contribution in [2.24, 2.45) is 0 Å². The van der Waals surface area contributed by atoms with Gasteiger partial charge in [-0.1, -0.05) is 52.9 Å². The quantitative estimate of drug-likeness (QED) is 0.187. The Bertz CT molecular complexity index is 1220. The first-order valence-corrected chi connectivity index (χ1v) is 10.9. The Hall–Kier alpha value is -2.13. The third-order valence-electron chi connectivity index (χ3n) is 3.84. The number of ether oxygens (including phenoxy) is 1. The van der Waals surface area contributed by atoms with Gasteiger partial charge < -0.3 is 9.72 Å². The second-order valence-electron chi connectivity index (χ2n) is 5.71. The smallest absolute Gasteiger partial charge is 0.271 e. The molecule has 0 saturated heterocycles. The minimum absolute atomic E-state index is 0.194. The van der Waals surface area contributed by atoms with Crippen molar-refractivity contribution in [1.29, 1.82) is 0 Å². The van der Waals surface area contributed by atoms with Gasteiger partial charge in [0.15, 0.2) is 14.8 Å². The Balaban J connectivity index is 1.58. The molecule has 0 aliphatic heterocycles. The van der Waals surface area contributed by atoms with Gasteiger partial charge in [0.25, 0.3) is 5.56 Å². The van der Waals surface area contributed by atoms with E-state index in [0.29, 0.717) is 36.8 Å². The first kappa shape index (κ1) is 19.2. The number of halogens is 1. The second kappa shape index (κ2) is 8.48. The molecule has 0 saturated carbocycles. The van der Waals surface area contributed by atoms with Gasteiger partial charge in [-0.2, -0.15) is 0 Å². The van der Waals surface area contributed by atoms with Gasteiger partial charge in [0.05, 0.1) is 6.61 Å². The molecule has 0 spiro atoms. The van der Waals surface area contributed by atoms with Crippen LogP contribution < -0.4 is 10.3 Å². The first-order valence-electron chi connectivity index (χ1n) is 8.34. The summed E-state index contributed by atoms with van der Waals surface area (Å²) in [5.41, 5.74) is 1.18. The normalized spacial score (nSPS) is 11.0. The Labute approximate surface area is 179 Å². The monoisotopic (exact) mass is 447 g/mol. The number of fused-ring (bicyclic) bond motifs is 1. The van der Waals surface area contributed by atoms with Gasteiger partial charge in [-0.25, -0.2) is 4.98 Å². The zero-order chi connectivity index (χ0) is 19.5. The number of nitrogens with zero attached hydrogens (tertiary/aromatic N) is 2. The van der Waals surface area contributed by atoms with Crippen molar-refractivity contribution in [2.45, 2.75) is 5.16 Å². The average molecular weight is 448 g/mol. The summed E-state index contributed by atoms with van der Waals surface area (Å²) in [7, 11) is 0. The Kier molecular flexibility index (Phi) is 5.82. The first-order chi connectivity index (χ1) is 13.6. The molecule has 0 unspecified atom stereocenters. The zero-order valence-electron chi connectivity index (χ0n) is 14.4.